The Labute approximate surface area is 229 Å². The number of benzene rings is 4. The van der Waals surface area contributed by atoms with Gasteiger partial charge < -0.3 is 9.55 Å². The Balaban J connectivity index is 1.33. The predicted molar refractivity (Wildman–Crippen MR) is 158 cm³/mol. The van der Waals surface area contributed by atoms with E-state index in [1.165, 1.54) is 44.5 Å². The van der Waals surface area contributed by atoms with Gasteiger partial charge in [-0.3, -0.25) is 4.90 Å². The molecule has 0 aliphatic carbocycles. The molecule has 7 rings (SSSR count). The lowest BCUT2D eigenvalue weighted by atomic mass is 9.76. The summed E-state index contributed by atoms with van der Waals surface area (Å²) in [6.45, 7) is 5.01. The Kier molecular flexibility index (Phi) is 5.90. The van der Waals surface area contributed by atoms with Gasteiger partial charge in [-0.05, 0) is 35.2 Å². The van der Waals surface area contributed by atoms with E-state index in [0.29, 0.717) is 0 Å². The summed E-state index contributed by atoms with van der Waals surface area (Å²) in [5, 5.41) is 1.34. The van der Waals surface area contributed by atoms with Crippen molar-refractivity contribution in [2.45, 2.75) is 32.0 Å². The van der Waals surface area contributed by atoms with Crippen molar-refractivity contribution in [3.63, 3.8) is 0 Å². The summed E-state index contributed by atoms with van der Waals surface area (Å²) in [6, 6.07) is 41.2. The molecule has 3 heterocycles. The number of nitrogens with zero attached hydrogens (tertiary/aromatic N) is 3. The molecule has 192 valence electrons. The van der Waals surface area contributed by atoms with Crippen LogP contribution in [0, 0.1) is 6.92 Å². The lowest BCUT2D eigenvalue weighted by Crippen LogP contribution is -2.38. The molecule has 0 unspecified atom stereocenters. The van der Waals surface area contributed by atoms with E-state index < -0.39 is 5.54 Å². The van der Waals surface area contributed by atoms with Crippen LogP contribution in [0.2, 0.25) is 0 Å². The minimum atomic E-state index is -0.537. The molecule has 4 nitrogen and oxygen atoms in total. The zero-order valence-corrected chi connectivity index (χ0v) is 22.2. The number of nitrogens with one attached hydrogen (secondary N) is 1. The van der Waals surface area contributed by atoms with Gasteiger partial charge >= 0.3 is 0 Å². The summed E-state index contributed by atoms with van der Waals surface area (Å²) in [5.41, 5.74) is 9.49. The van der Waals surface area contributed by atoms with Crippen LogP contribution in [0.5, 0.6) is 0 Å². The van der Waals surface area contributed by atoms with Crippen LogP contribution >= 0.6 is 0 Å². The molecule has 39 heavy (non-hydrogen) atoms. The Hall–Kier alpha value is -4.41. The van der Waals surface area contributed by atoms with E-state index in [4.69, 9.17) is 4.98 Å². The molecule has 4 aromatic carbocycles. The van der Waals surface area contributed by atoms with Gasteiger partial charge in [0.1, 0.15) is 5.54 Å². The van der Waals surface area contributed by atoms with Crippen LogP contribution in [-0.2, 0) is 25.0 Å². The quantitative estimate of drug-likeness (QED) is 0.244. The first-order valence-corrected chi connectivity index (χ1v) is 13.8. The molecule has 0 radical (unpaired) electrons. The van der Waals surface area contributed by atoms with E-state index in [1.54, 1.807) is 0 Å². The van der Waals surface area contributed by atoms with Gasteiger partial charge in [0, 0.05) is 48.3 Å². The molecule has 0 saturated carbocycles. The summed E-state index contributed by atoms with van der Waals surface area (Å²) in [4.78, 5) is 11.3. The van der Waals surface area contributed by atoms with E-state index in [-0.39, 0.29) is 0 Å². The first-order chi connectivity index (χ1) is 19.2. The summed E-state index contributed by atoms with van der Waals surface area (Å²) in [7, 11) is 0. The second-order valence-electron chi connectivity index (χ2n) is 10.5. The highest BCUT2D eigenvalue weighted by molar-refractivity contribution is 5.84. The van der Waals surface area contributed by atoms with E-state index in [0.717, 1.165) is 31.7 Å². The Bertz CT molecular complexity index is 1620. The van der Waals surface area contributed by atoms with Crippen molar-refractivity contribution in [3.05, 3.63) is 161 Å². The van der Waals surface area contributed by atoms with Crippen molar-refractivity contribution < 1.29 is 0 Å². The number of imidazole rings is 1. The van der Waals surface area contributed by atoms with Crippen LogP contribution < -0.4 is 0 Å². The van der Waals surface area contributed by atoms with Crippen molar-refractivity contribution in [1.82, 2.24) is 19.4 Å². The molecular formula is C35H32N4. The Morgan fingerprint density at radius 3 is 1.92 bits per heavy atom. The molecule has 1 N–H and O–H groups in total. The first-order valence-electron chi connectivity index (χ1n) is 13.8. The molecular weight excluding hydrogens is 476 g/mol. The fourth-order valence-electron chi connectivity index (χ4n) is 6.46. The summed E-state index contributed by atoms with van der Waals surface area (Å²) >= 11 is 0. The minimum Gasteiger partial charge on any atom is -0.358 e. The van der Waals surface area contributed by atoms with E-state index in [2.05, 4.69) is 143 Å². The number of rotatable bonds is 6. The topological polar surface area (TPSA) is 36.9 Å². The van der Waals surface area contributed by atoms with Crippen molar-refractivity contribution in [1.29, 1.82) is 0 Å². The fourth-order valence-corrected chi connectivity index (χ4v) is 6.46. The van der Waals surface area contributed by atoms with Gasteiger partial charge in [-0.2, -0.15) is 0 Å². The van der Waals surface area contributed by atoms with Gasteiger partial charge in [0.2, 0.25) is 0 Å². The smallest absolute Gasteiger partial charge is 0.121 e. The third-order valence-corrected chi connectivity index (χ3v) is 8.38. The highest BCUT2D eigenvalue weighted by atomic mass is 15.2. The van der Waals surface area contributed by atoms with Gasteiger partial charge in [0.15, 0.2) is 0 Å². The lowest BCUT2D eigenvalue weighted by molar-refractivity contribution is 0.242. The molecule has 0 bridgehead atoms. The molecule has 0 fully saturated rings. The molecule has 0 saturated heterocycles. The Morgan fingerprint density at radius 1 is 0.744 bits per heavy atom. The van der Waals surface area contributed by atoms with Crippen molar-refractivity contribution in [3.8, 4) is 0 Å². The van der Waals surface area contributed by atoms with E-state index in [9.17, 15) is 0 Å². The lowest BCUT2D eigenvalue weighted by Gasteiger charge is -2.38. The van der Waals surface area contributed by atoms with Crippen LogP contribution in [0.4, 0.5) is 0 Å². The molecule has 4 heteroatoms. The number of aromatic amines is 1. The molecule has 2 aromatic heterocycles. The summed E-state index contributed by atoms with van der Waals surface area (Å²) in [6.07, 6.45) is 3.09. The van der Waals surface area contributed by atoms with Gasteiger partial charge in [0.05, 0.1) is 12.0 Å². The third-order valence-electron chi connectivity index (χ3n) is 8.38. The number of aromatic nitrogens is 3. The first kappa shape index (κ1) is 23.7. The van der Waals surface area contributed by atoms with Crippen LogP contribution in [0.25, 0.3) is 10.9 Å². The number of H-pyrrole nitrogens is 1. The average Bonchev–Trinajstić information content (AvgIpc) is 3.55. The molecule has 0 amide bonds. The number of hydrogen-bond donors (Lipinski definition) is 1. The van der Waals surface area contributed by atoms with Crippen molar-refractivity contribution in [2.24, 2.45) is 0 Å². The molecule has 1 aliphatic rings. The normalized spacial score (nSPS) is 14.0. The predicted octanol–water partition coefficient (Wildman–Crippen LogP) is 7.07. The zero-order valence-electron chi connectivity index (χ0n) is 22.2. The maximum atomic E-state index is 5.07. The summed E-state index contributed by atoms with van der Waals surface area (Å²) < 4.78 is 2.39. The molecule has 6 aromatic rings. The molecule has 0 atom stereocenters. The molecule has 0 spiro atoms. The highest BCUT2D eigenvalue weighted by Crippen LogP contribution is 2.42. The maximum absolute atomic E-state index is 5.07. The second kappa shape index (κ2) is 9.72. The number of para-hydroxylation sites is 1. The zero-order chi connectivity index (χ0) is 26.2. The van der Waals surface area contributed by atoms with Crippen molar-refractivity contribution in [2.75, 3.05) is 6.54 Å². The van der Waals surface area contributed by atoms with E-state index >= 15 is 0 Å². The van der Waals surface area contributed by atoms with Crippen LogP contribution in [0.15, 0.2) is 122 Å². The number of fused-ring (bicyclic) bond motifs is 3. The van der Waals surface area contributed by atoms with E-state index in [1.807, 2.05) is 0 Å². The van der Waals surface area contributed by atoms with Crippen molar-refractivity contribution >= 4 is 10.9 Å². The second-order valence-corrected chi connectivity index (χ2v) is 10.5. The third kappa shape index (κ3) is 3.91. The van der Waals surface area contributed by atoms with Crippen LogP contribution in [-0.4, -0.2) is 26.0 Å². The largest absolute Gasteiger partial charge is 0.358 e. The summed E-state index contributed by atoms with van der Waals surface area (Å²) in [5.74, 6) is 0. The highest BCUT2D eigenvalue weighted by Gasteiger charge is 2.39. The number of hydrogen-bond acceptors (Lipinski definition) is 2. The SMILES string of the molecule is Cc1c(CN2CCc3[nH]c4ccccc4c3C2)ncn1C(c1ccccc1)(c1ccccc1)c1ccccc1. The fraction of sp³-hybridized carbons (Fsp3) is 0.171. The average molecular weight is 509 g/mol. The van der Waals surface area contributed by atoms with Gasteiger partial charge in [0.25, 0.3) is 0 Å². The van der Waals surface area contributed by atoms with Crippen LogP contribution in [0.3, 0.4) is 0 Å². The standard InChI is InChI=1S/C35H32N4/c1-26-34(24-38-22-21-33-31(23-38)30-19-11-12-20-32(30)37-33)36-25-39(26)35(27-13-5-2-6-14-27,28-15-7-3-8-16-28)29-17-9-4-10-18-29/h2-20,25,37H,21-24H2,1H3. The van der Waals surface area contributed by atoms with Gasteiger partial charge in [-0.25, -0.2) is 4.98 Å². The molecule has 1 aliphatic heterocycles. The van der Waals surface area contributed by atoms with Gasteiger partial charge in [-0.15, -0.1) is 0 Å². The Morgan fingerprint density at radius 2 is 1.31 bits per heavy atom. The minimum absolute atomic E-state index is 0.537. The maximum Gasteiger partial charge on any atom is 0.121 e. The van der Waals surface area contributed by atoms with Crippen LogP contribution in [0.1, 0.15) is 39.3 Å². The van der Waals surface area contributed by atoms with Gasteiger partial charge in [-0.1, -0.05) is 109 Å². The monoisotopic (exact) mass is 508 g/mol.